The Morgan fingerprint density at radius 3 is 2.42 bits per heavy atom. The van der Waals surface area contributed by atoms with Crippen molar-refractivity contribution in [2.75, 3.05) is 12.8 Å². The number of esters is 2. The minimum absolute atomic E-state index is 0.120. The Labute approximate surface area is 110 Å². The molecule has 19 heavy (non-hydrogen) atoms. The molecule has 0 amide bonds. The largest absolute Gasteiger partial charge is 0.463 e. The minimum atomic E-state index is -4.21. The van der Waals surface area contributed by atoms with Crippen molar-refractivity contribution in [2.24, 2.45) is 0 Å². The number of carbonyl (C=O) groups excluding carboxylic acids is 2. The van der Waals surface area contributed by atoms with E-state index in [1.54, 1.807) is 0 Å². The maximum absolute atomic E-state index is 10.9. The second-order valence-electron chi connectivity index (χ2n) is 4.33. The molecule has 0 aromatic carbocycles. The van der Waals surface area contributed by atoms with Crippen molar-refractivity contribution >= 4 is 19.5 Å². The summed E-state index contributed by atoms with van der Waals surface area (Å²) in [7, 11) is -4.21. The normalized spacial score (nSPS) is 27.1. The van der Waals surface area contributed by atoms with E-state index < -0.39 is 44.0 Å². The zero-order valence-electron chi connectivity index (χ0n) is 10.6. The number of rotatable bonds is 5. The molecule has 0 aromatic rings. The second-order valence-corrected chi connectivity index (χ2v) is 6.02. The first-order valence-corrected chi connectivity index (χ1v) is 7.48. The zero-order valence-corrected chi connectivity index (χ0v) is 11.5. The van der Waals surface area contributed by atoms with Crippen LogP contribution in [0.3, 0.4) is 0 Å². The molecule has 8 nitrogen and oxygen atoms in total. The van der Waals surface area contributed by atoms with Crippen LogP contribution >= 0.6 is 7.60 Å². The second kappa shape index (κ2) is 6.47. The van der Waals surface area contributed by atoms with E-state index in [0.717, 1.165) is 0 Å². The van der Waals surface area contributed by atoms with Gasteiger partial charge in [0.15, 0.2) is 0 Å². The molecule has 9 heteroatoms. The fraction of sp³-hybridized carbons (Fsp3) is 0.800. The van der Waals surface area contributed by atoms with Crippen LogP contribution in [-0.4, -0.2) is 52.8 Å². The summed E-state index contributed by atoms with van der Waals surface area (Å²) >= 11 is 0. The molecule has 2 N–H and O–H groups in total. The molecule has 1 aliphatic rings. The number of ether oxygens (including phenoxy) is 3. The average molecular weight is 296 g/mol. The van der Waals surface area contributed by atoms with Crippen molar-refractivity contribution < 1.29 is 38.2 Å². The Balaban J connectivity index is 2.61. The van der Waals surface area contributed by atoms with Crippen LogP contribution in [0, 0.1) is 0 Å². The van der Waals surface area contributed by atoms with Gasteiger partial charge in [-0.3, -0.25) is 14.2 Å². The molecule has 110 valence electrons. The summed E-state index contributed by atoms with van der Waals surface area (Å²) in [6.45, 7) is 2.33. The van der Waals surface area contributed by atoms with Gasteiger partial charge >= 0.3 is 19.5 Å². The summed E-state index contributed by atoms with van der Waals surface area (Å²) in [6, 6.07) is 0. The minimum Gasteiger partial charge on any atom is -0.463 e. The Bertz CT molecular complexity index is 389. The Kier molecular flexibility index (Phi) is 5.49. The summed E-state index contributed by atoms with van der Waals surface area (Å²) < 4.78 is 26.0. The fourth-order valence-electron chi connectivity index (χ4n) is 1.87. The van der Waals surface area contributed by atoms with Crippen molar-refractivity contribution in [3.63, 3.8) is 0 Å². The lowest BCUT2D eigenvalue weighted by Crippen LogP contribution is -2.31. The maximum atomic E-state index is 10.9. The van der Waals surface area contributed by atoms with Crippen LogP contribution < -0.4 is 0 Å². The van der Waals surface area contributed by atoms with E-state index in [9.17, 15) is 14.2 Å². The van der Waals surface area contributed by atoms with Gasteiger partial charge in [0.25, 0.3) is 0 Å². The van der Waals surface area contributed by atoms with Gasteiger partial charge < -0.3 is 24.0 Å². The van der Waals surface area contributed by atoms with Gasteiger partial charge in [-0.1, -0.05) is 0 Å². The highest BCUT2D eigenvalue weighted by atomic mass is 31.2. The molecule has 1 heterocycles. The predicted octanol–water partition coefficient (Wildman–Crippen LogP) is -0.184. The molecule has 1 rings (SSSR count). The van der Waals surface area contributed by atoms with Crippen molar-refractivity contribution in [3.8, 4) is 0 Å². The van der Waals surface area contributed by atoms with Crippen LogP contribution in [-0.2, 0) is 28.4 Å². The number of hydrogen-bond acceptors (Lipinski definition) is 6. The average Bonchev–Trinajstić information content (AvgIpc) is 2.53. The first kappa shape index (κ1) is 16.1. The van der Waals surface area contributed by atoms with Gasteiger partial charge in [-0.25, -0.2) is 0 Å². The first-order chi connectivity index (χ1) is 8.67. The van der Waals surface area contributed by atoms with Crippen LogP contribution in [0.15, 0.2) is 0 Å². The molecular weight excluding hydrogens is 279 g/mol. The molecule has 0 radical (unpaired) electrons. The Morgan fingerprint density at radius 1 is 1.32 bits per heavy atom. The summed E-state index contributed by atoms with van der Waals surface area (Å²) in [6.07, 6.45) is -2.40. The summed E-state index contributed by atoms with van der Waals surface area (Å²) in [5.41, 5.74) is 0. The van der Waals surface area contributed by atoms with Crippen molar-refractivity contribution in [1.29, 1.82) is 0 Å². The molecule has 0 saturated carbocycles. The topological polar surface area (TPSA) is 119 Å². The van der Waals surface area contributed by atoms with Gasteiger partial charge in [0.05, 0.1) is 12.3 Å². The van der Waals surface area contributed by atoms with Crippen LogP contribution in [0.5, 0.6) is 0 Å². The van der Waals surface area contributed by atoms with E-state index in [1.165, 1.54) is 13.8 Å². The molecule has 0 aromatic heterocycles. The monoisotopic (exact) mass is 296 g/mol. The number of carbonyl (C=O) groups is 2. The molecule has 1 unspecified atom stereocenters. The highest BCUT2D eigenvalue weighted by molar-refractivity contribution is 7.51. The third-order valence-electron chi connectivity index (χ3n) is 2.49. The molecule has 0 aliphatic carbocycles. The maximum Gasteiger partial charge on any atom is 0.328 e. The lowest BCUT2D eigenvalue weighted by Gasteiger charge is -2.17. The molecule has 1 saturated heterocycles. The van der Waals surface area contributed by atoms with Gasteiger partial charge in [0.2, 0.25) is 0 Å². The van der Waals surface area contributed by atoms with Crippen LogP contribution in [0.25, 0.3) is 0 Å². The van der Waals surface area contributed by atoms with Gasteiger partial charge in [-0.05, 0) is 0 Å². The van der Waals surface area contributed by atoms with Crippen LogP contribution in [0.1, 0.15) is 20.3 Å². The quantitative estimate of drug-likeness (QED) is 0.529. The predicted molar refractivity (Wildman–Crippen MR) is 62.4 cm³/mol. The SMILES string of the molecule is CC(=O)OC[C@H]1OC(CP(=O)(O)O)C[C@@H]1OC(C)=O. The van der Waals surface area contributed by atoms with Crippen LogP contribution in [0.4, 0.5) is 0 Å². The van der Waals surface area contributed by atoms with E-state index in [4.69, 9.17) is 24.0 Å². The summed E-state index contributed by atoms with van der Waals surface area (Å²) in [5.74, 6) is -1.04. The van der Waals surface area contributed by atoms with Crippen molar-refractivity contribution in [2.45, 2.75) is 38.6 Å². The third-order valence-corrected chi connectivity index (χ3v) is 3.37. The van der Waals surface area contributed by atoms with Crippen molar-refractivity contribution in [1.82, 2.24) is 0 Å². The molecule has 1 fully saturated rings. The van der Waals surface area contributed by atoms with Crippen molar-refractivity contribution in [3.05, 3.63) is 0 Å². The Morgan fingerprint density at radius 2 is 1.95 bits per heavy atom. The smallest absolute Gasteiger partial charge is 0.328 e. The highest BCUT2D eigenvalue weighted by Crippen LogP contribution is 2.39. The third kappa shape index (κ3) is 6.15. The van der Waals surface area contributed by atoms with Gasteiger partial charge in [0.1, 0.15) is 18.8 Å². The molecule has 3 atom stereocenters. The highest BCUT2D eigenvalue weighted by Gasteiger charge is 2.40. The van der Waals surface area contributed by atoms with Gasteiger partial charge in [0, 0.05) is 20.3 Å². The first-order valence-electron chi connectivity index (χ1n) is 5.68. The number of hydrogen-bond donors (Lipinski definition) is 2. The van der Waals surface area contributed by atoms with E-state index in [0.29, 0.717) is 0 Å². The lowest BCUT2D eigenvalue weighted by molar-refractivity contribution is -0.154. The molecule has 1 aliphatic heterocycles. The van der Waals surface area contributed by atoms with E-state index in [2.05, 4.69) is 0 Å². The fourth-order valence-corrected chi connectivity index (χ4v) is 2.63. The van der Waals surface area contributed by atoms with E-state index >= 15 is 0 Å². The zero-order chi connectivity index (χ0) is 14.6. The summed E-state index contributed by atoms with van der Waals surface area (Å²) in [5, 5.41) is 0. The van der Waals surface area contributed by atoms with Gasteiger partial charge in [-0.15, -0.1) is 0 Å². The van der Waals surface area contributed by atoms with Crippen LogP contribution in [0.2, 0.25) is 0 Å². The summed E-state index contributed by atoms with van der Waals surface area (Å²) in [4.78, 5) is 39.4. The van der Waals surface area contributed by atoms with E-state index in [-0.39, 0.29) is 13.0 Å². The van der Waals surface area contributed by atoms with Gasteiger partial charge in [-0.2, -0.15) is 0 Å². The standard InChI is InChI=1S/C10H17O8P/c1-6(11)16-4-10-9(17-7(2)12)3-8(18-10)5-19(13,14)15/h8-10H,3-5H2,1-2H3,(H2,13,14,15)/t8?,9-,10+/m0/s1. The van der Waals surface area contributed by atoms with E-state index in [1.807, 2.05) is 0 Å². The molecule has 0 bridgehead atoms. The Hall–Kier alpha value is -0.950. The molecule has 0 spiro atoms. The lowest BCUT2D eigenvalue weighted by atomic mass is 10.1. The molecular formula is C10H17O8P.